The molecule has 3 nitrogen and oxygen atoms in total. The van der Waals surface area contributed by atoms with Gasteiger partial charge < -0.3 is 10.5 Å². The van der Waals surface area contributed by atoms with E-state index in [2.05, 4.69) is 65.9 Å². The van der Waals surface area contributed by atoms with Gasteiger partial charge >= 0.3 is 6.98 Å². The van der Waals surface area contributed by atoms with E-state index in [-0.39, 0.29) is 12.9 Å². The number of para-hydroxylation sites is 1. The molecular weight excluding hydrogens is 295 g/mol. The Labute approximate surface area is 141 Å². The maximum Gasteiger partial charge on any atom is 0.408 e. The molecule has 3 aromatic carbocycles. The number of carbonyl (C=O) groups is 1. The first-order valence-corrected chi connectivity index (χ1v) is 8.04. The zero-order valence-electron chi connectivity index (χ0n) is 13.4. The van der Waals surface area contributed by atoms with Gasteiger partial charge in [0.25, 0.3) is 0 Å². The molecule has 0 spiro atoms. The van der Waals surface area contributed by atoms with Gasteiger partial charge in [0.15, 0.2) is 0 Å². The van der Waals surface area contributed by atoms with Crippen LogP contribution in [0.25, 0.3) is 11.1 Å². The Bertz CT molecular complexity index is 888. The fourth-order valence-electron chi connectivity index (χ4n) is 2.99. The highest BCUT2D eigenvalue weighted by molar-refractivity contribution is 6.77. The number of hydrogen-bond acceptors (Lipinski definition) is 2. The van der Waals surface area contributed by atoms with Crippen molar-refractivity contribution in [2.75, 3.05) is 5.23 Å². The number of hydrogen-bond donors (Lipinski definition) is 2. The van der Waals surface area contributed by atoms with E-state index in [1.807, 2.05) is 24.3 Å². The van der Waals surface area contributed by atoms with Gasteiger partial charge in [-0.3, -0.25) is 4.79 Å². The van der Waals surface area contributed by atoms with E-state index in [0.717, 1.165) is 11.2 Å². The lowest BCUT2D eigenvalue weighted by Crippen LogP contribution is -2.56. The number of nitrogens with one attached hydrogen (secondary N) is 2. The highest BCUT2D eigenvalue weighted by atomic mass is 16.1. The molecule has 2 N–H and O–H groups in total. The Balaban J connectivity index is 1.60. The molecule has 0 atom stereocenters. The molecular formula is C20H17BN2O. The summed E-state index contributed by atoms with van der Waals surface area (Å²) in [5.41, 5.74) is 6.20. The zero-order valence-corrected chi connectivity index (χ0v) is 13.4. The van der Waals surface area contributed by atoms with Crippen LogP contribution in [-0.2, 0) is 0 Å². The predicted octanol–water partition coefficient (Wildman–Crippen LogP) is 3.21. The summed E-state index contributed by atoms with van der Waals surface area (Å²) >= 11 is 0. The van der Waals surface area contributed by atoms with E-state index in [4.69, 9.17) is 0 Å². The maximum atomic E-state index is 12.2. The van der Waals surface area contributed by atoms with Gasteiger partial charge in [-0.2, -0.15) is 0 Å². The third-order valence-corrected chi connectivity index (χ3v) is 4.38. The van der Waals surface area contributed by atoms with Crippen LogP contribution in [-0.4, -0.2) is 12.9 Å². The van der Waals surface area contributed by atoms with Gasteiger partial charge in [0, 0.05) is 5.69 Å². The largest absolute Gasteiger partial charge is 0.408 e. The van der Waals surface area contributed by atoms with Gasteiger partial charge in [0.2, 0.25) is 5.91 Å². The van der Waals surface area contributed by atoms with Crippen molar-refractivity contribution in [1.82, 2.24) is 5.23 Å². The van der Waals surface area contributed by atoms with Crippen LogP contribution in [0.5, 0.6) is 0 Å². The molecule has 0 aromatic heterocycles. The lowest BCUT2D eigenvalue weighted by molar-refractivity contribution is 0.0979. The average Bonchev–Trinajstić information content (AvgIpc) is 2.62. The second-order valence-electron chi connectivity index (χ2n) is 6.08. The normalized spacial score (nSPS) is 13.0. The van der Waals surface area contributed by atoms with Gasteiger partial charge in [-0.25, -0.2) is 0 Å². The molecule has 24 heavy (non-hydrogen) atoms. The third-order valence-electron chi connectivity index (χ3n) is 4.38. The number of rotatable bonds is 2. The summed E-state index contributed by atoms with van der Waals surface area (Å²) in [5.74, 6) is -0.0445. The van der Waals surface area contributed by atoms with Crippen molar-refractivity contribution in [1.29, 1.82) is 0 Å². The molecule has 0 bridgehead atoms. The van der Waals surface area contributed by atoms with Crippen molar-refractivity contribution in [3.8, 4) is 11.1 Å². The van der Waals surface area contributed by atoms with E-state index in [9.17, 15) is 4.79 Å². The Hall–Kier alpha value is -3.01. The minimum absolute atomic E-state index is 0.0445. The van der Waals surface area contributed by atoms with Crippen LogP contribution in [0.2, 0.25) is 0 Å². The van der Waals surface area contributed by atoms with Crippen molar-refractivity contribution >= 4 is 24.0 Å². The summed E-state index contributed by atoms with van der Waals surface area (Å²) in [6, 6.07) is 24.3. The van der Waals surface area contributed by atoms with Gasteiger partial charge in [-0.05, 0) is 35.6 Å². The van der Waals surface area contributed by atoms with Crippen LogP contribution in [0.15, 0.2) is 72.8 Å². The number of carbonyl (C=O) groups excluding carboxylic acids is 1. The van der Waals surface area contributed by atoms with Gasteiger partial charge in [0.1, 0.15) is 0 Å². The average molecular weight is 312 g/mol. The summed E-state index contributed by atoms with van der Waals surface area (Å²) in [6.45, 7) is 1.88. The van der Waals surface area contributed by atoms with Crippen molar-refractivity contribution in [3.63, 3.8) is 0 Å². The van der Waals surface area contributed by atoms with E-state index < -0.39 is 0 Å². The molecule has 4 rings (SSSR count). The molecule has 116 valence electrons. The maximum absolute atomic E-state index is 12.2. The van der Waals surface area contributed by atoms with Crippen LogP contribution >= 0.6 is 0 Å². The lowest BCUT2D eigenvalue weighted by Gasteiger charge is -2.25. The Kier molecular flexibility index (Phi) is 3.58. The fourth-order valence-corrected chi connectivity index (χ4v) is 2.99. The first-order valence-electron chi connectivity index (χ1n) is 8.04. The summed E-state index contributed by atoms with van der Waals surface area (Å²) < 4.78 is 0. The number of amides is 1. The lowest BCUT2D eigenvalue weighted by atomic mass is 9.66. The highest BCUT2D eigenvalue weighted by Gasteiger charge is 2.28. The minimum Gasteiger partial charge on any atom is -0.405 e. The highest BCUT2D eigenvalue weighted by Crippen LogP contribution is 2.20. The second kappa shape index (κ2) is 5.89. The van der Waals surface area contributed by atoms with Crippen molar-refractivity contribution in [3.05, 3.63) is 83.9 Å². The SMILES string of the molecule is Cc1ccc(-c2ccc(B3NC(=O)c4ccccc4N3)cc2)cc1. The molecule has 0 saturated heterocycles. The van der Waals surface area contributed by atoms with Crippen LogP contribution < -0.4 is 15.9 Å². The Morgan fingerprint density at radius 3 is 2.08 bits per heavy atom. The minimum atomic E-state index is -0.209. The molecule has 0 unspecified atom stereocenters. The van der Waals surface area contributed by atoms with Crippen LogP contribution in [0.3, 0.4) is 0 Å². The van der Waals surface area contributed by atoms with E-state index in [1.54, 1.807) is 0 Å². The fraction of sp³-hybridized carbons (Fsp3) is 0.0500. The molecule has 1 aliphatic heterocycles. The Morgan fingerprint density at radius 1 is 0.750 bits per heavy atom. The molecule has 1 heterocycles. The molecule has 1 aliphatic rings. The predicted molar refractivity (Wildman–Crippen MR) is 99.5 cm³/mol. The summed E-state index contributed by atoms with van der Waals surface area (Å²) in [5, 5.41) is 6.38. The molecule has 1 amide bonds. The number of fused-ring (bicyclic) bond motifs is 1. The summed E-state index contributed by atoms with van der Waals surface area (Å²) in [4.78, 5) is 12.2. The molecule has 0 fully saturated rings. The molecule has 0 aliphatic carbocycles. The van der Waals surface area contributed by atoms with Crippen molar-refractivity contribution in [2.45, 2.75) is 6.92 Å². The van der Waals surface area contributed by atoms with E-state index in [1.165, 1.54) is 16.7 Å². The van der Waals surface area contributed by atoms with Gasteiger partial charge in [-0.15, -0.1) is 0 Å². The Morgan fingerprint density at radius 2 is 1.38 bits per heavy atom. The molecule has 0 saturated carbocycles. The summed E-state index contributed by atoms with van der Waals surface area (Å²) in [7, 11) is 0. The van der Waals surface area contributed by atoms with Crippen molar-refractivity contribution < 1.29 is 4.79 Å². The standard InChI is InChI=1S/C20H17BN2O/c1-14-6-8-15(9-7-14)16-10-12-17(13-11-16)21-22-19-5-3-2-4-18(19)20(24)23-21/h2-13,22H,1H3,(H,23,24). The monoisotopic (exact) mass is 312 g/mol. The zero-order chi connectivity index (χ0) is 16.5. The van der Waals surface area contributed by atoms with Gasteiger partial charge in [0.05, 0.1) is 5.56 Å². The van der Waals surface area contributed by atoms with E-state index in [0.29, 0.717) is 5.56 Å². The van der Waals surface area contributed by atoms with Crippen molar-refractivity contribution in [2.24, 2.45) is 0 Å². The first-order chi connectivity index (χ1) is 11.7. The molecule has 4 heteroatoms. The second-order valence-corrected chi connectivity index (χ2v) is 6.08. The third kappa shape index (κ3) is 2.67. The van der Waals surface area contributed by atoms with Crippen LogP contribution in [0, 0.1) is 6.92 Å². The number of aryl methyl sites for hydroxylation is 1. The number of benzene rings is 3. The number of anilines is 1. The molecule has 0 radical (unpaired) electrons. The van der Waals surface area contributed by atoms with Gasteiger partial charge in [-0.1, -0.05) is 66.2 Å². The van der Waals surface area contributed by atoms with Crippen LogP contribution in [0.4, 0.5) is 5.69 Å². The first kappa shape index (κ1) is 14.6. The topological polar surface area (TPSA) is 41.1 Å². The van der Waals surface area contributed by atoms with E-state index >= 15 is 0 Å². The molecule has 3 aromatic rings. The quantitative estimate of drug-likeness (QED) is 0.714. The summed E-state index contributed by atoms with van der Waals surface area (Å²) in [6.07, 6.45) is 0. The van der Waals surface area contributed by atoms with Crippen LogP contribution in [0.1, 0.15) is 15.9 Å². The smallest absolute Gasteiger partial charge is 0.405 e.